The molecule has 3 N–H and O–H groups in total. The first-order chi connectivity index (χ1) is 12.7. The minimum atomic E-state index is -0.349. The molecule has 0 radical (unpaired) electrons. The van der Waals surface area contributed by atoms with Crippen molar-refractivity contribution < 1.29 is 9.53 Å². The highest BCUT2D eigenvalue weighted by molar-refractivity contribution is 5.81. The number of nitrogens with one attached hydrogen (secondary N) is 1. The molecule has 1 aromatic carbocycles. The molecule has 2 fully saturated rings. The van der Waals surface area contributed by atoms with Crippen LogP contribution in [0.25, 0.3) is 0 Å². The van der Waals surface area contributed by atoms with Crippen LogP contribution in [0.3, 0.4) is 0 Å². The van der Waals surface area contributed by atoms with E-state index in [0.29, 0.717) is 13.1 Å². The number of ether oxygens (including phenoxy) is 1. The fraction of sp³-hybridized carbons (Fsp3) is 0.650. The number of hydrogen-bond donors (Lipinski definition) is 2. The average Bonchev–Trinajstić information content (AvgIpc) is 3.17. The quantitative estimate of drug-likeness (QED) is 0.757. The largest absolute Gasteiger partial charge is 0.364 e. The van der Waals surface area contributed by atoms with Crippen molar-refractivity contribution in [1.82, 2.24) is 15.1 Å². The third kappa shape index (κ3) is 5.04. The van der Waals surface area contributed by atoms with Gasteiger partial charge in [0, 0.05) is 45.8 Å². The molecule has 2 heterocycles. The van der Waals surface area contributed by atoms with E-state index in [9.17, 15) is 4.79 Å². The van der Waals surface area contributed by atoms with Gasteiger partial charge in [-0.1, -0.05) is 31.2 Å². The van der Waals surface area contributed by atoms with Gasteiger partial charge in [-0.25, -0.2) is 0 Å². The number of likely N-dealkylation sites (N-methyl/N-ethyl adjacent to an activating group) is 1. The second-order valence-corrected chi connectivity index (χ2v) is 7.26. The summed E-state index contributed by atoms with van der Waals surface area (Å²) in [5, 5.41) is 3.05. The SMILES string of the molecule is CCN1CCN(Cc2ccccc2CNC(=O)[C@@H]2CC[C@H](CN)O2)CC1. The van der Waals surface area contributed by atoms with Crippen LogP contribution in [0.4, 0.5) is 0 Å². The molecule has 2 saturated heterocycles. The van der Waals surface area contributed by atoms with Gasteiger partial charge in [0.25, 0.3) is 0 Å². The lowest BCUT2D eigenvalue weighted by molar-refractivity contribution is -0.132. The molecule has 0 aromatic heterocycles. The van der Waals surface area contributed by atoms with E-state index in [1.807, 2.05) is 6.07 Å². The standard InChI is InChI=1S/C20H32N4O2/c1-2-23-9-11-24(12-10-23)15-17-6-4-3-5-16(17)14-22-20(25)19-8-7-18(13-21)26-19/h3-6,18-19H,2,7-15,21H2,1H3,(H,22,25)/t18-,19+/m1/s1. The van der Waals surface area contributed by atoms with Gasteiger partial charge in [0.2, 0.25) is 5.91 Å². The van der Waals surface area contributed by atoms with Gasteiger partial charge in [0.05, 0.1) is 6.10 Å². The van der Waals surface area contributed by atoms with Crippen LogP contribution < -0.4 is 11.1 Å². The lowest BCUT2D eigenvalue weighted by atomic mass is 10.1. The number of rotatable bonds is 7. The Morgan fingerprint density at radius 2 is 1.85 bits per heavy atom. The maximum absolute atomic E-state index is 12.4. The molecule has 1 amide bonds. The number of nitrogens with two attached hydrogens (primary N) is 1. The average molecular weight is 361 g/mol. The highest BCUT2D eigenvalue weighted by atomic mass is 16.5. The number of carbonyl (C=O) groups excluding carboxylic acids is 1. The van der Waals surface area contributed by atoms with Gasteiger partial charge in [0.15, 0.2) is 0 Å². The number of hydrogen-bond acceptors (Lipinski definition) is 5. The van der Waals surface area contributed by atoms with Gasteiger partial charge in [-0.05, 0) is 30.5 Å². The van der Waals surface area contributed by atoms with E-state index in [4.69, 9.17) is 10.5 Å². The van der Waals surface area contributed by atoms with E-state index >= 15 is 0 Å². The van der Waals surface area contributed by atoms with Crippen molar-refractivity contribution in [2.24, 2.45) is 5.73 Å². The van der Waals surface area contributed by atoms with Crippen molar-refractivity contribution in [2.75, 3.05) is 39.3 Å². The minimum absolute atomic E-state index is 0.0210. The van der Waals surface area contributed by atoms with Crippen molar-refractivity contribution in [1.29, 1.82) is 0 Å². The first kappa shape index (κ1) is 19.3. The summed E-state index contributed by atoms with van der Waals surface area (Å²) in [5.74, 6) is -0.0210. The Hall–Kier alpha value is -1.47. The highest BCUT2D eigenvalue weighted by Gasteiger charge is 2.29. The van der Waals surface area contributed by atoms with Gasteiger partial charge in [-0.2, -0.15) is 0 Å². The Morgan fingerprint density at radius 1 is 1.15 bits per heavy atom. The van der Waals surface area contributed by atoms with Crippen molar-refractivity contribution in [3.05, 3.63) is 35.4 Å². The number of piperazine rings is 1. The summed E-state index contributed by atoms with van der Waals surface area (Å²) >= 11 is 0. The van der Waals surface area contributed by atoms with Crippen LogP contribution in [0.15, 0.2) is 24.3 Å². The number of nitrogens with zero attached hydrogens (tertiary/aromatic N) is 2. The number of benzene rings is 1. The molecule has 0 unspecified atom stereocenters. The van der Waals surface area contributed by atoms with E-state index in [0.717, 1.165) is 52.1 Å². The maximum Gasteiger partial charge on any atom is 0.249 e. The van der Waals surface area contributed by atoms with E-state index in [2.05, 4.69) is 40.2 Å². The molecule has 2 aliphatic heterocycles. The van der Waals surface area contributed by atoms with Gasteiger partial charge in [-0.15, -0.1) is 0 Å². The maximum atomic E-state index is 12.4. The molecule has 0 aliphatic carbocycles. The Morgan fingerprint density at radius 3 is 2.50 bits per heavy atom. The molecular weight excluding hydrogens is 328 g/mol. The topological polar surface area (TPSA) is 70.8 Å². The molecule has 2 atom stereocenters. The second-order valence-electron chi connectivity index (χ2n) is 7.26. The van der Waals surface area contributed by atoms with Crippen molar-refractivity contribution in [2.45, 2.75) is 45.1 Å². The smallest absolute Gasteiger partial charge is 0.249 e. The van der Waals surface area contributed by atoms with Gasteiger partial charge in [0.1, 0.15) is 6.10 Å². The van der Waals surface area contributed by atoms with E-state index in [1.165, 1.54) is 11.1 Å². The third-order valence-corrected chi connectivity index (χ3v) is 5.54. The van der Waals surface area contributed by atoms with Crippen LogP contribution in [0.5, 0.6) is 0 Å². The molecule has 6 nitrogen and oxygen atoms in total. The summed E-state index contributed by atoms with van der Waals surface area (Å²) < 4.78 is 5.68. The third-order valence-electron chi connectivity index (χ3n) is 5.54. The molecule has 0 spiro atoms. The molecule has 144 valence electrons. The summed E-state index contributed by atoms with van der Waals surface area (Å²) in [4.78, 5) is 17.3. The van der Waals surface area contributed by atoms with Gasteiger partial charge < -0.3 is 20.7 Å². The van der Waals surface area contributed by atoms with E-state index < -0.39 is 0 Å². The van der Waals surface area contributed by atoms with Crippen LogP contribution >= 0.6 is 0 Å². The number of carbonyl (C=O) groups is 1. The lowest BCUT2D eigenvalue weighted by Crippen LogP contribution is -2.45. The predicted molar refractivity (Wildman–Crippen MR) is 103 cm³/mol. The zero-order valence-corrected chi connectivity index (χ0v) is 15.8. The summed E-state index contributed by atoms with van der Waals surface area (Å²) in [6.07, 6.45) is 1.31. The van der Waals surface area contributed by atoms with Gasteiger partial charge in [-0.3, -0.25) is 9.69 Å². The molecular formula is C20H32N4O2. The molecule has 6 heteroatoms. The van der Waals surface area contributed by atoms with E-state index in [1.54, 1.807) is 0 Å². The summed E-state index contributed by atoms with van der Waals surface area (Å²) in [6.45, 7) is 9.80. The number of amides is 1. The zero-order valence-electron chi connectivity index (χ0n) is 15.8. The van der Waals surface area contributed by atoms with Crippen LogP contribution in [-0.2, 0) is 22.6 Å². The lowest BCUT2D eigenvalue weighted by Gasteiger charge is -2.34. The monoisotopic (exact) mass is 360 g/mol. The Balaban J connectivity index is 1.52. The Bertz CT molecular complexity index is 587. The fourth-order valence-corrected chi connectivity index (χ4v) is 3.76. The van der Waals surface area contributed by atoms with Crippen molar-refractivity contribution in [3.63, 3.8) is 0 Å². The fourth-order valence-electron chi connectivity index (χ4n) is 3.76. The first-order valence-corrected chi connectivity index (χ1v) is 9.84. The molecule has 0 saturated carbocycles. The van der Waals surface area contributed by atoms with E-state index in [-0.39, 0.29) is 18.1 Å². The normalized spacial score (nSPS) is 24.7. The van der Waals surface area contributed by atoms with Crippen LogP contribution in [0.2, 0.25) is 0 Å². The summed E-state index contributed by atoms with van der Waals surface area (Å²) in [5.41, 5.74) is 8.11. The molecule has 1 aromatic rings. The second kappa shape index (κ2) is 9.46. The van der Waals surface area contributed by atoms with Crippen LogP contribution in [0.1, 0.15) is 30.9 Å². The molecule has 2 aliphatic rings. The molecule has 0 bridgehead atoms. The molecule has 26 heavy (non-hydrogen) atoms. The van der Waals surface area contributed by atoms with Crippen molar-refractivity contribution in [3.8, 4) is 0 Å². The summed E-state index contributed by atoms with van der Waals surface area (Å²) in [7, 11) is 0. The first-order valence-electron chi connectivity index (χ1n) is 9.84. The van der Waals surface area contributed by atoms with Crippen LogP contribution in [0, 0.1) is 0 Å². The Labute approximate surface area is 156 Å². The van der Waals surface area contributed by atoms with Crippen molar-refractivity contribution >= 4 is 5.91 Å². The predicted octanol–water partition coefficient (Wildman–Crippen LogP) is 0.947. The minimum Gasteiger partial charge on any atom is -0.364 e. The van der Waals surface area contributed by atoms with Gasteiger partial charge >= 0.3 is 0 Å². The Kier molecular flexibility index (Phi) is 7.02. The highest BCUT2D eigenvalue weighted by Crippen LogP contribution is 2.19. The van der Waals surface area contributed by atoms with Crippen LogP contribution in [-0.4, -0.2) is 67.2 Å². The molecule has 3 rings (SSSR count). The zero-order chi connectivity index (χ0) is 18.4. The summed E-state index contributed by atoms with van der Waals surface area (Å²) in [6, 6.07) is 8.39.